The average molecular weight is 108 g/mol. The van der Waals surface area contributed by atoms with Gasteiger partial charge in [-0.25, -0.2) is 0 Å². The number of allylic oxidation sites excluding steroid dienone is 2. The van der Waals surface area contributed by atoms with E-state index < -0.39 is 0 Å². The highest BCUT2D eigenvalue weighted by molar-refractivity contribution is 6.63. The zero-order chi connectivity index (χ0) is 6.57. The predicted molar refractivity (Wildman–Crippen MR) is 37.1 cm³/mol. The molecular formula is C5H9BN2. The van der Waals surface area contributed by atoms with Crippen molar-refractivity contribution >= 4 is 13.5 Å². The van der Waals surface area contributed by atoms with E-state index in [-0.39, 0.29) is 0 Å². The van der Waals surface area contributed by atoms with Crippen molar-refractivity contribution < 1.29 is 0 Å². The van der Waals surface area contributed by atoms with Gasteiger partial charge in [-0.1, -0.05) is 0 Å². The van der Waals surface area contributed by atoms with Gasteiger partial charge in [-0.05, 0) is 18.6 Å². The highest BCUT2D eigenvalue weighted by Gasteiger charge is 1.79. The van der Waals surface area contributed by atoms with Crippen LogP contribution in [0.1, 0.15) is 6.92 Å². The average Bonchev–Trinajstić information content (AvgIpc) is 1.65. The van der Waals surface area contributed by atoms with Crippen molar-refractivity contribution in [2.24, 2.45) is 10.7 Å². The van der Waals surface area contributed by atoms with Gasteiger partial charge in [0.05, 0.1) is 0 Å². The fourth-order valence-corrected chi connectivity index (χ4v) is 0.298. The maximum absolute atomic E-state index is 5.27. The molecule has 0 aliphatic carbocycles. The number of nitrogens with two attached hydrogens (primary N) is 1. The molecule has 3 heteroatoms. The van der Waals surface area contributed by atoms with E-state index in [2.05, 4.69) is 4.99 Å². The molecule has 2 N–H and O–H groups in total. The Labute approximate surface area is 50.9 Å². The quantitative estimate of drug-likeness (QED) is 0.374. The van der Waals surface area contributed by atoms with Crippen LogP contribution in [0.2, 0.25) is 0 Å². The lowest BCUT2D eigenvalue weighted by molar-refractivity contribution is 1.32. The van der Waals surface area contributed by atoms with Crippen LogP contribution < -0.4 is 5.73 Å². The second kappa shape index (κ2) is 3.30. The summed E-state index contributed by atoms with van der Waals surface area (Å²) in [5.74, 6) is 0. The van der Waals surface area contributed by atoms with Crippen LogP contribution in [-0.2, 0) is 0 Å². The van der Waals surface area contributed by atoms with Gasteiger partial charge in [-0.15, -0.1) is 0 Å². The lowest BCUT2D eigenvalue weighted by Crippen LogP contribution is -1.98. The topological polar surface area (TPSA) is 38.4 Å². The molecule has 0 amide bonds. The van der Waals surface area contributed by atoms with E-state index >= 15 is 0 Å². The molecule has 2 nitrogen and oxygen atoms in total. The maximum Gasteiger partial charge on any atom is 0.141 e. The van der Waals surface area contributed by atoms with Crippen LogP contribution in [0.15, 0.2) is 16.8 Å². The van der Waals surface area contributed by atoms with Crippen molar-refractivity contribution in [1.82, 2.24) is 0 Å². The summed E-state index contributed by atoms with van der Waals surface area (Å²) in [6.07, 6.45) is 1.61. The molecule has 0 unspecified atom stereocenters. The van der Waals surface area contributed by atoms with Crippen LogP contribution in [0.5, 0.6) is 0 Å². The molecule has 42 valence electrons. The van der Waals surface area contributed by atoms with Crippen LogP contribution in [0.4, 0.5) is 0 Å². The van der Waals surface area contributed by atoms with E-state index in [4.69, 9.17) is 13.6 Å². The van der Waals surface area contributed by atoms with Gasteiger partial charge in [-0.3, -0.25) is 0 Å². The van der Waals surface area contributed by atoms with Gasteiger partial charge in [0.25, 0.3) is 0 Å². The van der Waals surface area contributed by atoms with Gasteiger partial charge in [0.1, 0.15) is 7.85 Å². The largest absolute Gasteiger partial charge is 0.402 e. The van der Waals surface area contributed by atoms with E-state index in [9.17, 15) is 0 Å². The van der Waals surface area contributed by atoms with Crippen LogP contribution in [-0.4, -0.2) is 20.5 Å². The zero-order valence-corrected chi connectivity index (χ0v) is 5.18. The highest BCUT2D eigenvalue weighted by atomic mass is 14.7. The van der Waals surface area contributed by atoms with E-state index in [0.29, 0.717) is 11.3 Å². The molecule has 0 saturated carbocycles. The summed E-state index contributed by atoms with van der Waals surface area (Å²) >= 11 is 0. The zero-order valence-electron chi connectivity index (χ0n) is 5.18. The second-order valence-corrected chi connectivity index (χ2v) is 1.54. The lowest BCUT2D eigenvalue weighted by atomic mass is 10.0. The van der Waals surface area contributed by atoms with Crippen molar-refractivity contribution in [3.8, 4) is 0 Å². The van der Waals surface area contributed by atoms with Gasteiger partial charge in [0, 0.05) is 12.7 Å². The Bertz CT molecular complexity index is 122. The summed E-state index contributed by atoms with van der Waals surface area (Å²) in [5, 5.41) is 0. The smallest absolute Gasteiger partial charge is 0.141 e. The normalized spacial score (nSPS) is 14.2. The Balaban J connectivity index is 3.89. The fourth-order valence-electron chi connectivity index (χ4n) is 0.298. The molecule has 0 aromatic carbocycles. The number of hydrogen-bond donors (Lipinski definition) is 1. The molecule has 0 bridgehead atoms. The van der Waals surface area contributed by atoms with Gasteiger partial charge in [0.15, 0.2) is 0 Å². The molecule has 8 heavy (non-hydrogen) atoms. The summed E-state index contributed by atoms with van der Waals surface area (Å²) in [5.41, 5.74) is 6.41. The summed E-state index contributed by atoms with van der Waals surface area (Å²) in [6.45, 7) is 1.76. The van der Waals surface area contributed by atoms with Crippen LogP contribution in [0, 0.1) is 0 Å². The van der Waals surface area contributed by atoms with Crippen molar-refractivity contribution in [2.75, 3.05) is 7.05 Å². The minimum Gasteiger partial charge on any atom is -0.402 e. The Morgan fingerprint density at radius 1 is 1.75 bits per heavy atom. The van der Waals surface area contributed by atoms with Crippen molar-refractivity contribution in [3.05, 3.63) is 11.8 Å². The third kappa shape index (κ3) is 3.46. The standard InChI is InChI=1S/C5H9BN2/c1-4(7)3-5(6)8-2/h3H,7H2,1-2H3. The van der Waals surface area contributed by atoms with Crippen LogP contribution >= 0.6 is 0 Å². The van der Waals surface area contributed by atoms with Gasteiger partial charge in [0.2, 0.25) is 0 Å². The predicted octanol–water partition coefficient (Wildman–Crippen LogP) is 0.0457. The molecule has 0 aliphatic rings. The molecule has 0 atom stereocenters. The Morgan fingerprint density at radius 2 is 2.25 bits per heavy atom. The summed E-state index contributed by atoms with van der Waals surface area (Å²) in [6, 6.07) is 0. The van der Waals surface area contributed by atoms with Crippen molar-refractivity contribution in [3.63, 3.8) is 0 Å². The molecule has 0 aliphatic heterocycles. The third-order valence-corrected chi connectivity index (χ3v) is 0.634. The van der Waals surface area contributed by atoms with Crippen LogP contribution in [0.25, 0.3) is 0 Å². The number of hydrogen-bond acceptors (Lipinski definition) is 2. The highest BCUT2D eigenvalue weighted by Crippen LogP contribution is 1.79. The number of rotatable bonds is 1. The molecule has 0 saturated heterocycles. The molecule has 0 aromatic rings. The molecule has 2 radical (unpaired) electrons. The van der Waals surface area contributed by atoms with Gasteiger partial charge in [-0.2, -0.15) is 0 Å². The number of nitrogens with zero attached hydrogens (tertiary/aromatic N) is 1. The summed E-state index contributed by atoms with van der Waals surface area (Å²) in [4.78, 5) is 3.67. The van der Waals surface area contributed by atoms with E-state index in [0.717, 1.165) is 0 Å². The Hall–Kier alpha value is -0.725. The van der Waals surface area contributed by atoms with Gasteiger partial charge >= 0.3 is 0 Å². The molecule has 0 heterocycles. The maximum atomic E-state index is 5.27. The van der Waals surface area contributed by atoms with Crippen molar-refractivity contribution in [1.29, 1.82) is 0 Å². The first kappa shape index (κ1) is 7.27. The van der Waals surface area contributed by atoms with E-state index in [1.54, 1.807) is 20.0 Å². The molecule has 0 aromatic heterocycles. The minimum absolute atomic E-state index is 0.463. The molecule has 0 spiro atoms. The number of aliphatic imine (C=N–C) groups is 1. The van der Waals surface area contributed by atoms with E-state index in [1.165, 1.54) is 0 Å². The van der Waals surface area contributed by atoms with Crippen molar-refractivity contribution in [2.45, 2.75) is 6.92 Å². The molecule has 0 fully saturated rings. The SMILES string of the molecule is [B]C(C=C(C)N)=NC. The Kier molecular flexibility index (Phi) is 3.00. The van der Waals surface area contributed by atoms with E-state index in [1.807, 2.05) is 0 Å². The third-order valence-electron chi connectivity index (χ3n) is 0.634. The second-order valence-electron chi connectivity index (χ2n) is 1.54. The van der Waals surface area contributed by atoms with Gasteiger partial charge < -0.3 is 10.7 Å². The molecule has 0 rings (SSSR count). The molecular weight excluding hydrogens is 98.9 g/mol. The fraction of sp³-hybridized carbons (Fsp3) is 0.400. The lowest BCUT2D eigenvalue weighted by Gasteiger charge is -1.88. The summed E-state index contributed by atoms with van der Waals surface area (Å²) in [7, 11) is 6.89. The first-order valence-corrected chi connectivity index (χ1v) is 2.33. The van der Waals surface area contributed by atoms with Crippen LogP contribution in [0.3, 0.4) is 0 Å². The summed E-state index contributed by atoms with van der Waals surface area (Å²) < 4.78 is 0. The first-order valence-electron chi connectivity index (χ1n) is 2.33. The first-order chi connectivity index (χ1) is 3.66. The monoisotopic (exact) mass is 108 g/mol. The minimum atomic E-state index is 0.463. The Morgan fingerprint density at radius 3 is 2.38 bits per heavy atom.